The summed E-state index contributed by atoms with van der Waals surface area (Å²) in [5, 5.41) is 0. The molecule has 0 aliphatic rings. The highest BCUT2D eigenvalue weighted by Gasteiger charge is 1.58. The van der Waals surface area contributed by atoms with E-state index in [9.17, 15) is 0 Å². The van der Waals surface area contributed by atoms with Crippen molar-refractivity contribution < 1.29 is 0 Å². The van der Waals surface area contributed by atoms with E-state index in [1.54, 1.807) is 24.7 Å². The zero-order chi connectivity index (χ0) is 11.1. The molecule has 2 nitrogen and oxygen atoms in total. The van der Waals surface area contributed by atoms with Crippen LogP contribution in [0.5, 0.6) is 0 Å². The minimum atomic E-state index is 1.46. The van der Waals surface area contributed by atoms with E-state index in [0.29, 0.717) is 0 Å². The Bertz CT molecular complexity index is 191. The average Bonchev–Trinajstić information content (AvgIpc) is 2.32. The molecule has 0 N–H and O–H groups in total. The molecule has 0 spiro atoms. The second-order valence-electron chi connectivity index (χ2n) is 1.74. The molecule has 0 unspecified atom stereocenters. The number of aliphatic imine (C=N–C) groups is 1. The molecule has 0 saturated carbocycles. The number of hydrogen-bond acceptors (Lipinski definition) is 2. The Morgan fingerprint density at radius 1 is 1.07 bits per heavy atom. The van der Waals surface area contributed by atoms with Crippen molar-refractivity contribution >= 4 is 6.21 Å². The zero-order valence-corrected chi connectivity index (χ0v) is 8.93. The molecule has 76 valence electrons. The third-order valence-corrected chi connectivity index (χ3v) is 0.863. The summed E-state index contributed by atoms with van der Waals surface area (Å²) >= 11 is 0. The molecule has 2 heteroatoms. The maximum atomic E-state index is 3.78. The molecular formula is C12H18N2. The zero-order valence-electron chi connectivity index (χ0n) is 8.93. The van der Waals surface area contributed by atoms with Gasteiger partial charge in [0.1, 0.15) is 0 Å². The monoisotopic (exact) mass is 190 g/mol. The van der Waals surface area contributed by atoms with Crippen molar-refractivity contribution in [3.05, 3.63) is 56.0 Å². The standard InChI is InChI=1S/C5H5N.C5H7N.C2H6/c1-2-4-6-5-3-1;1-3-5-6-4-2;1-2/h1-5H;3-5H,1-2H2;1-2H3. The van der Waals surface area contributed by atoms with Gasteiger partial charge in [-0.05, 0) is 12.1 Å². The summed E-state index contributed by atoms with van der Waals surface area (Å²) in [5.41, 5.74) is 0. The fraction of sp³-hybridized carbons (Fsp3) is 0.167. The third-order valence-electron chi connectivity index (χ3n) is 0.863. The van der Waals surface area contributed by atoms with Crippen molar-refractivity contribution in [1.82, 2.24) is 4.98 Å². The third kappa shape index (κ3) is 16.7. The molecule has 0 saturated heterocycles. The first-order valence-corrected chi connectivity index (χ1v) is 4.52. The fourth-order valence-electron chi connectivity index (χ4n) is 0.434. The van der Waals surface area contributed by atoms with Gasteiger partial charge in [-0.15, -0.1) is 0 Å². The van der Waals surface area contributed by atoms with Crippen LogP contribution >= 0.6 is 0 Å². The Morgan fingerprint density at radius 3 is 1.79 bits per heavy atom. The Morgan fingerprint density at radius 2 is 1.64 bits per heavy atom. The molecule has 0 bridgehead atoms. The van der Waals surface area contributed by atoms with Gasteiger partial charge in [-0.3, -0.25) is 9.98 Å². The van der Waals surface area contributed by atoms with Crippen LogP contribution in [-0.4, -0.2) is 11.2 Å². The molecule has 0 aromatic carbocycles. The predicted octanol–water partition coefficient (Wildman–Crippen LogP) is 3.49. The van der Waals surface area contributed by atoms with Crippen molar-refractivity contribution in [2.75, 3.05) is 0 Å². The van der Waals surface area contributed by atoms with Crippen LogP contribution in [-0.2, 0) is 0 Å². The predicted molar refractivity (Wildman–Crippen MR) is 64.5 cm³/mol. The Labute approximate surface area is 86.7 Å². The molecule has 0 aliphatic carbocycles. The van der Waals surface area contributed by atoms with Gasteiger partial charge in [-0.25, -0.2) is 0 Å². The first-order valence-electron chi connectivity index (χ1n) is 4.52. The highest BCUT2D eigenvalue weighted by molar-refractivity contribution is 5.70. The van der Waals surface area contributed by atoms with Gasteiger partial charge < -0.3 is 0 Å². The minimum absolute atomic E-state index is 1.46. The molecule has 0 aliphatic heterocycles. The number of allylic oxidation sites excluding steroid dienone is 1. The van der Waals surface area contributed by atoms with E-state index in [0.717, 1.165) is 0 Å². The average molecular weight is 190 g/mol. The highest BCUT2D eigenvalue weighted by atomic mass is 14.6. The Kier molecular flexibility index (Phi) is 18.4. The van der Waals surface area contributed by atoms with Crippen LogP contribution < -0.4 is 0 Å². The Balaban J connectivity index is 0. The van der Waals surface area contributed by atoms with Gasteiger partial charge >= 0.3 is 0 Å². The quantitative estimate of drug-likeness (QED) is 0.655. The van der Waals surface area contributed by atoms with Crippen LogP contribution in [0.15, 0.2) is 61.0 Å². The lowest BCUT2D eigenvalue weighted by Gasteiger charge is -1.70. The van der Waals surface area contributed by atoms with E-state index >= 15 is 0 Å². The van der Waals surface area contributed by atoms with Crippen LogP contribution in [0.4, 0.5) is 0 Å². The van der Waals surface area contributed by atoms with Crippen molar-refractivity contribution in [2.24, 2.45) is 4.99 Å². The maximum Gasteiger partial charge on any atom is 0.0267 e. The number of pyridine rings is 1. The van der Waals surface area contributed by atoms with E-state index in [4.69, 9.17) is 0 Å². The van der Waals surface area contributed by atoms with E-state index in [2.05, 4.69) is 23.1 Å². The van der Waals surface area contributed by atoms with Crippen molar-refractivity contribution in [3.8, 4) is 0 Å². The van der Waals surface area contributed by atoms with Crippen LogP contribution in [0, 0.1) is 0 Å². The number of hydrogen-bond donors (Lipinski definition) is 0. The molecule has 14 heavy (non-hydrogen) atoms. The van der Waals surface area contributed by atoms with Crippen molar-refractivity contribution in [2.45, 2.75) is 13.8 Å². The molecule has 0 amide bonds. The molecule has 1 aromatic rings. The lowest BCUT2D eigenvalue weighted by Crippen LogP contribution is -1.58. The summed E-state index contributed by atoms with van der Waals surface area (Å²) in [7, 11) is 0. The molecular weight excluding hydrogens is 172 g/mol. The summed E-state index contributed by atoms with van der Waals surface area (Å²) in [6, 6.07) is 5.72. The number of rotatable bonds is 2. The van der Waals surface area contributed by atoms with Gasteiger partial charge in [0.05, 0.1) is 0 Å². The van der Waals surface area contributed by atoms with Gasteiger partial charge in [0.25, 0.3) is 0 Å². The second kappa shape index (κ2) is 17.4. The summed E-state index contributed by atoms with van der Waals surface area (Å²) < 4.78 is 0. The molecule has 0 radical (unpaired) electrons. The van der Waals surface area contributed by atoms with E-state index in [1.165, 1.54) is 6.20 Å². The Hall–Kier alpha value is -1.70. The second-order valence-corrected chi connectivity index (χ2v) is 1.74. The van der Waals surface area contributed by atoms with Crippen molar-refractivity contribution in [1.29, 1.82) is 0 Å². The fourth-order valence-corrected chi connectivity index (χ4v) is 0.434. The summed E-state index contributed by atoms with van der Waals surface area (Å²) in [6.07, 6.45) is 8.14. The molecule has 0 atom stereocenters. The van der Waals surface area contributed by atoms with E-state index < -0.39 is 0 Å². The SMILES string of the molecule is C=CC=NC=C.CC.c1ccncc1. The molecule has 1 heterocycles. The van der Waals surface area contributed by atoms with Gasteiger partial charge in [0, 0.05) is 24.8 Å². The lowest BCUT2D eigenvalue weighted by atomic mass is 10.5. The normalized spacial score (nSPS) is 7.57. The maximum absolute atomic E-state index is 3.78. The van der Waals surface area contributed by atoms with Crippen LogP contribution in [0.2, 0.25) is 0 Å². The minimum Gasteiger partial charge on any atom is -0.265 e. The lowest BCUT2D eigenvalue weighted by molar-refractivity contribution is 1.33. The number of aromatic nitrogens is 1. The first kappa shape index (κ1) is 14.8. The van der Waals surface area contributed by atoms with Crippen LogP contribution in [0.3, 0.4) is 0 Å². The summed E-state index contributed by atoms with van der Waals surface area (Å²) in [4.78, 5) is 7.40. The van der Waals surface area contributed by atoms with E-state index in [1.807, 2.05) is 32.0 Å². The smallest absolute Gasteiger partial charge is 0.0267 e. The van der Waals surface area contributed by atoms with Crippen LogP contribution in [0.1, 0.15) is 13.8 Å². The largest absolute Gasteiger partial charge is 0.265 e. The van der Waals surface area contributed by atoms with E-state index in [-0.39, 0.29) is 0 Å². The van der Waals surface area contributed by atoms with Gasteiger partial charge in [0.15, 0.2) is 0 Å². The van der Waals surface area contributed by atoms with Gasteiger partial charge in [-0.1, -0.05) is 39.1 Å². The van der Waals surface area contributed by atoms with Gasteiger partial charge in [-0.2, -0.15) is 0 Å². The van der Waals surface area contributed by atoms with Crippen molar-refractivity contribution in [3.63, 3.8) is 0 Å². The molecule has 1 aromatic heterocycles. The first-order chi connectivity index (χ1) is 6.91. The summed E-state index contributed by atoms with van der Waals surface area (Å²) in [5.74, 6) is 0. The highest BCUT2D eigenvalue weighted by Crippen LogP contribution is 1.73. The molecule has 1 rings (SSSR count). The van der Waals surface area contributed by atoms with Crippen LogP contribution in [0.25, 0.3) is 0 Å². The number of nitrogens with zero attached hydrogens (tertiary/aromatic N) is 2. The van der Waals surface area contributed by atoms with Gasteiger partial charge in [0.2, 0.25) is 0 Å². The molecule has 0 fully saturated rings. The summed E-state index contributed by atoms with van der Waals surface area (Å²) in [6.45, 7) is 10.8. The topological polar surface area (TPSA) is 25.2 Å².